The van der Waals surface area contributed by atoms with Gasteiger partial charge in [0.15, 0.2) is 0 Å². The lowest BCUT2D eigenvalue weighted by Gasteiger charge is -2.27. The van der Waals surface area contributed by atoms with Crippen molar-refractivity contribution in [3.05, 3.63) is 71.8 Å². The van der Waals surface area contributed by atoms with Crippen molar-refractivity contribution in [3.8, 4) is 5.75 Å². The van der Waals surface area contributed by atoms with Crippen LogP contribution < -0.4 is 15.4 Å². The molecule has 1 heterocycles. The third-order valence-corrected chi connectivity index (χ3v) is 4.71. The molecule has 0 aliphatic carbocycles. The fourth-order valence-corrected chi connectivity index (χ4v) is 3.45. The number of fused-ring (bicyclic) bond motifs is 2. The number of hydrogen-bond donors (Lipinski definition) is 2. The molecule has 0 radical (unpaired) electrons. The van der Waals surface area contributed by atoms with Gasteiger partial charge in [0.1, 0.15) is 5.75 Å². The van der Waals surface area contributed by atoms with Crippen LogP contribution >= 0.6 is 0 Å². The van der Waals surface area contributed by atoms with E-state index in [2.05, 4.69) is 10.6 Å². The summed E-state index contributed by atoms with van der Waals surface area (Å²) in [5.74, 6) is 0.372. The van der Waals surface area contributed by atoms with Gasteiger partial charge in [0.25, 0.3) is 5.91 Å². The molecular weight excluding hydrogens is 340 g/mol. The monoisotopic (exact) mass is 360 g/mol. The van der Waals surface area contributed by atoms with Crippen molar-refractivity contribution in [2.45, 2.75) is 19.4 Å². The highest BCUT2D eigenvalue weighted by molar-refractivity contribution is 6.07. The van der Waals surface area contributed by atoms with Crippen molar-refractivity contribution in [1.29, 1.82) is 0 Å². The number of anilines is 1. The first-order chi connectivity index (χ1) is 13.1. The van der Waals surface area contributed by atoms with Crippen molar-refractivity contribution in [2.24, 2.45) is 0 Å². The minimum atomic E-state index is -0.216. The first-order valence-corrected chi connectivity index (χ1v) is 8.95. The van der Waals surface area contributed by atoms with Gasteiger partial charge in [-0.1, -0.05) is 42.5 Å². The summed E-state index contributed by atoms with van der Waals surface area (Å²) in [6, 6.07) is 19.0. The number of amides is 2. The van der Waals surface area contributed by atoms with E-state index >= 15 is 0 Å². The molecule has 1 aliphatic rings. The van der Waals surface area contributed by atoms with E-state index in [1.807, 2.05) is 60.7 Å². The molecule has 0 saturated heterocycles. The number of ether oxygens (including phenoxy) is 1. The number of carbonyl (C=O) groups excluding carboxylic acids is 2. The minimum absolute atomic E-state index is 0.126. The zero-order valence-electron chi connectivity index (χ0n) is 15.0. The summed E-state index contributed by atoms with van der Waals surface area (Å²) in [6.45, 7) is 1.99. The topological polar surface area (TPSA) is 67.4 Å². The molecule has 1 aliphatic heterocycles. The molecule has 5 heteroatoms. The molecule has 0 unspecified atom stereocenters. The Bertz CT molecular complexity index is 1030. The molecule has 0 saturated carbocycles. The van der Waals surface area contributed by atoms with Crippen LogP contribution in [0.15, 0.2) is 60.7 Å². The van der Waals surface area contributed by atoms with Crippen LogP contribution in [0, 0.1) is 0 Å². The lowest BCUT2D eigenvalue weighted by Crippen LogP contribution is -2.32. The largest absolute Gasteiger partial charge is 0.493 e. The van der Waals surface area contributed by atoms with Gasteiger partial charge in [-0.05, 0) is 29.0 Å². The summed E-state index contributed by atoms with van der Waals surface area (Å²) in [5, 5.41) is 7.79. The minimum Gasteiger partial charge on any atom is -0.493 e. The second-order valence-corrected chi connectivity index (χ2v) is 6.63. The third-order valence-electron chi connectivity index (χ3n) is 4.71. The highest BCUT2D eigenvalue weighted by Crippen LogP contribution is 2.32. The molecule has 0 spiro atoms. The van der Waals surface area contributed by atoms with E-state index < -0.39 is 0 Å². The van der Waals surface area contributed by atoms with Crippen LogP contribution in [0.4, 0.5) is 5.69 Å². The van der Waals surface area contributed by atoms with E-state index in [0.29, 0.717) is 24.3 Å². The maximum atomic E-state index is 13.1. The summed E-state index contributed by atoms with van der Waals surface area (Å²) in [7, 11) is 0. The zero-order valence-corrected chi connectivity index (χ0v) is 15.0. The molecule has 0 fully saturated rings. The first-order valence-electron chi connectivity index (χ1n) is 8.95. The predicted octanol–water partition coefficient (Wildman–Crippen LogP) is 4.05. The normalized spacial score (nSPS) is 15.5. The van der Waals surface area contributed by atoms with Gasteiger partial charge in [-0.2, -0.15) is 0 Å². The molecule has 5 nitrogen and oxygen atoms in total. The Morgan fingerprint density at radius 1 is 1.00 bits per heavy atom. The van der Waals surface area contributed by atoms with Gasteiger partial charge in [0.2, 0.25) is 5.91 Å². The number of carbonyl (C=O) groups is 2. The van der Waals surface area contributed by atoms with Gasteiger partial charge in [0.05, 0.1) is 23.9 Å². The molecule has 136 valence electrons. The average molecular weight is 360 g/mol. The summed E-state index contributed by atoms with van der Waals surface area (Å²) >= 11 is 0. The van der Waals surface area contributed by atoms with Crippen LogP contribution in [-0.4, -0.2) is 18.4 Å². The highest BCUT2D eigenvalue weighted by Gasteiger charge is 2.24. The summed E-state index contributed by atoms with van der Waals surface area (Å²) < 4.78 is 5.67. The number of rotatable bonds is 3. The second-order valence-electron chi connectivity index (χ2n) is 6.63. The van der Waals surface area contributed by atoms with Crippen LogP contribution in [0.5, 0.6) is 5.75 Å². The van der Waals surface area contributed by atoms with Crippen molar-refractivity contribution >= 4 is 28.3 Å². The Hall–Kier alpha value is -3.34. The van der Waals surface area contributed by atoms with Gasteiger partial charge < -0.3 is 15.4 Å². The predicted molar refractivity (Wildman–Crippen MR) is 105 cm³/mol. The van der Waals surface area contributed by atoms with E-state index in [1.165, 1.54) is 6.92 Å². The maximum Gasteiger partial charge on any atom is 0.253 e. The van der Waals surface area contributed by atoms with Crippen molar-refractivity contribution in [1.82, 2.24) is 5.32 Å². The maximum absolute atomic E-state index is 13.1. The average Bonchev–Trinajstić information content (AvgIpc) is 2.67. The van der Waals surface area contributed by atoms with Crippen molar-refractivity contribution in [3.63, 3.8) is 0 Å². The first kappa shape index (κ1) is 17.1. The Morgan fingerprint density at radius 2 is 1.70 bits per heavy atom. The van der Waals surface area contributed by atoms with Gasteiger partial charge in [0, 0.05) is 18.9 Å². The van der Waals surface area contributed by atoms with E-state index in [0.717, 1.165) is 22.1 Å². The van der Waals surface area contributed by atoms with E-state index in [9.17, 15) is 9.59 Å². The standard InChI is InChI=1S/C22H20N2O3/c1-14(25)23-20-13-16-7-3-2-6-15(16)12-18(20)22(26)24-19-10-11-27-21-9-5-4-8-17(19)21/h2-9,12-13,19H,10-11H2,1H3,(H,23,25)(H,24,26)/t19-/m1/s1. The molecule has 3 aromatic carbocycles. The lowest BCUT2D eigenvalue weighted by atomic mass is 9.99. The van der Waals surface area contributed by atoms with Crippen LogP contribution in [0.1, 0.15) is 35.3 Å². The number of nitrogens with one attached hydrogen (secondary N) is 2. The van der Waals surface area contributed by atoms with Crippen molar-refractivity contribution < 1.29 is 14.3 Å². The molecule has 4 rings (SSSR count). The molecule has 2 amide bonds. The fraction of sp³-hybridized carbons (Fsp3) is 0.182. The number of para-hydroxylation sites is 1. The van der Waals surface area contributed by atoms with Gasteiger partial charge in [-0.3, -0.25) is 9.59 Å². The Morgan fingerprint density at radius 3 is 2.48 bits per heavy atom. The van der Waals surface area contributed by atoms with Gasteiger partial charge in [-0.25, -0.2) is 0 Å². The SMILES string of the molecule is CC(=O)Nc1cc2ccccc2cc1C(=O)N[C@@H]1CCOc2ccccc21. The molecule has 0 bridgehead atoms. The molecule has 0 aromatic heterocycles. The molecule has 27 heavy (non-hydrogen) atoms. The second kappa shape index (κ2) is 7.11. The Kier molecular flexibility index (Phi) is 4.50. The summed E-state index contributed by atoms with van der Waals surface area (Å²) in [6.07, 6.45) is 0.700. The number of benzene rings is 3. The van der Waals surface area contributed by atoms with Crippen LogP contribution in [0.2, 0.25) is 0 Å². The van der Waals surface area contributed by atoms with Gasteiger partial charge >= 0.3 is 0 Å². The quantitative estimate of drug-likeness (QED) is 0.740. The molecule has 2 N–H and O–H groups in total. The highest BCUT2D eigenvalue weighted by atomic mass is 16.5. The van der Waals surface area contributed by atoms with Gasteiger partial charge in [-0.15, -0.1) is 0 Å². The van der Waals surface area contributed by atoms with E-state index in [-0.39, 0.29) is 17.9 Å². The zero-order chi connectivity index (χ0) is 18.8. The fourth-order valence-electron chi connectivity index (χ4n) is 3.45. The number of hydrogen-bond acceptors (Lipinski definition) is 3. The Labute approximate surface area is 157 Å². The molecule has 1 atom stereocenters. The van der Waals surface area contributed by atoms with E-state index in [1.54, 1.807) is 0 Å². The summed E-state index contributed by atoms with van der Waals surface area (Å²) in [4.78, 5) is 24.7. The van der Waals surface area contributed by atoms with Crippen LogP contribution in [-0.2, 0) is 4.79 Å². The van der Waals surface area contributed by atoms with Crippen LogP contribution in [0.25, 0.3) is 10.8 Å². The lowest BCUT2D eigenvalue weighted by molar-refractivity contribution is -0.114. The molecule has 3 aromatic rings. The van der Waals surface area contributed by atoms with Crippen molar-refractivity contribution in [2.75, 3.05) is 11.9 Å². The smallest absolute Gasteiger partial charge is 0.253 e. The van der Waals surface area contributed by atoms with E-state index in [4.69, 9.17) is 4.74 Å². The third kappa shape index (κ3) is 3.49. The van der Waals surface area contributed by atoms with Crippen LogP contribution in [0.3, 0.4) is 0 Å². The Balaban J connectivity index is 1.69. The molecular formula is C22H20N2O3. The summed E-state index contributed by atoms with van der Waals surface area (Å²) in [5.41, 5.74) is 1.94.